The summed E-state index contributed by atoms with van der Waals surface area (Å²) in [5.41, 5.74) is -7.29. The fourth-order valence-corrected chi connectivity index (χ4v) is 2.46. The number of benzene rings is 1. The van der Waals surface area contributed by atoms with Crippen molar-refractivity contribution in [3.05, 3.63) is 27.7 Å². The number of ether oxygens (including phenoxy) is 1. The summed E-state index contributed by atoms with van der Waals surface area (Å²) >= 11 is 11.1. The second-order valence-electron chi connectivity index (χ2n) is 4.69. The molecule has 0 saturated heterocycles. The number of alkyl halides is 6. The molecule has 1 aromatic carbocycles. The molecule has 0 bridgehead atoms. The Morgan fingerprint density at radius 3 is 2.12 bits per heavy atom. The van der Waals surface area contributed by atoms with Gasteiger partial charge in [0.05, 0.1) is 17.3 Å². The average Bonchev–Trinajstić information content (AvgIpc) is 2.43. The number of anilines is 1. The Hall–Kier alpha value is -1.72. The van der Waals surface area contributed by atoms with Crippen LogP contribution in [0, 0.1) is 0 Å². The minimum absolute atomic E-state index is 0.461. The van der Waals surface area contributed by atoms with E-state index in [-0.39, 0.29) is 0 Å². The van der Waals surface area contributed by atoms with E-state index in [1.165, 1.54) is 0 Å². The third-order valence-electron chi connectivity index (χ3n) is 2.90. The standard InChI is InChI=1S/C13H9Cl2F6NO4/c1-2-26-10(24)11(25,13(19,20)21)8-6(15)3-5(14)4-7(8)22-9(23)12(16,17)18/h3-4,25H,2H2,1H3,(H,22,23). The number of amides is 1. The molecule has 146 valence electrons. The molecule has 1 rings (SSSR count). The number of nitrogens with one attached hydrogen (secondary N) is 1. The molecule has 1 amide bonds. The highest BCUT2D eigenvalue weighted by molar-refractivity contribution is 6.36. The van der Waals surface area contributed by atoms with Crippen molar-refractivity contribution in [2.24, 2.45) is 0 Å². The Bertz CT molecular complexity index is 722. The lowest BCUT2D eigenvalue weighted by atomic mass is 9.91. The summed E-state index contributed by atoms with van der Waals surface area (Å²) in [6.45, 7) is 0.539. The van der Waals surface area contributed by atoms with Crippen LogP contribution in [0.2, 0.25) is 10.0 Å². The normalized spacial score (nSPS) is 14.5. The molecule has 5 nitrogen and oxygen atoms in total. The molecule has 1 unspecified atom stereocenters. The average molecular weight is 428 g/mol. The van der Waals surface area contributed by atoms with Gasteiger partial charge in [-0.05, 0) is 19.1 Å². The Morgan fingerprint density at radius 2 is 1.69 bits per heavy atom. The molecule has 1 aromatic rings. The molecule has 0 aliphatic rings. The van der Waals surface area contributed by atoms with Gasteiger partial charge in [-0.15, -0.1) is 0 Å². The number of hydrogen-bond acceptors (Lipinski definition) is 4. The Kier molecular flexibility index (Phi) is 6.43. The lowest BCUT2D eigenvalue weighted by Crippen LogP contribution is -2.51. The van der Waals surface area contributed by atoms with Crippen molar-refractivity contribution in [3.63, 3.8) is 0 Å². The third kappa shape index (κ3) is 4.33. The molecule has 0 saturated carbocycles. The van der Waals surface area contributed by atoms with E-state index in [4.69, 9.17) is 23.2 Å². The van der Waals surface area contributed by atoms with Crippen LogP contribution < -0.4 is 5.32 Å². The molecule has 0 fully saturated rings. The van der Waals surface area contributed by atoms with Crippen LogP contribution in [0.1, 0.15) is 12.5 Å². The summed E-state index contributed by atoms with van der Waals surface area (Å²) in [4.78, 5) is 22.8. The minimum Gasteiger partial charge on any atom is -0.463 e. The van der Waals surface area contributed by atoms with Crippen LogP contribution in [0.4, 0.5) is 32.0 Å². The molecule has 0 aromatic heterocycles. The lowest BCUT2D eigenvalue weighted by molar-refractivity contribution is -0.267. The van der Waals surface area contributed by atoms with Gasteiger partial charge in [-0.2, -0.15) is 26.3 Å². The van der Waals surface area contributed by atoms with Crippen LogP contribution in [0.25, 0.3) is 0 Å². The quantitative estimate of drug-likeness (QED) is 0.565. The summed E-state index contributed by atoms with van der Waals surface area (Å²) in [6.07, 6.45) is -11.2. The number of halogens is 8. The summed E-state index contributed by atoms with van der Waals surface area (Å²) < 4.78 is 81.7. The highest BCUT2D eigenvalue weighted by atomic mass is 35.5. The van der Waals surface area contributed by atoms with Gasteiger partial charge in [0.15, 0.2) is 0 Å². The van der Waals surface area contributed by atoms with E-state index in [0.717, 1.165) is 12.2 Å². The zero-order valence-electron chi connectivity index (χ0n) is 12.6. The van der Waals surface area contributed by atoms with E-state index in [9.17, 15) is 41.0 Å². The van der Waals surface area contributed by atoms with Gasteiger partial charge in [0.25, 0.3) is 5.60 Å². The highest BCUT2D eigenvalue weighted by Crippen LogP contribution is 2.47. The fourth-order valence-electron chi connectivity index (χ4n) is 1.83. The van der Waals surface area contributed by atoms with Crippen molar-refractivity contribution in [2.45, 2.75) is 24.9 Å². The molecule has 2 N–H and O–H groups in total. The van der Waals surface area contributed by atoms with Crippen LogP contribution in [-0.4, -0.2) is 35.9 Å². The van der Waals surface area contributed by atoms with Gasteiger partial charge in [0, 0.05) is 10.6 Å². The molecule has 0 heterocycles. The van der Waals surface area contributed by atoms with Crippen molar-refractivity contribution in [2.75, 3.05) is 11.9 Å². The Labute approximate surface area is 151 Å². The van der Waals surface area contributed by atoms with Crippen LogP contribution in [0.15, 0.2) is 12.1 Å². The van der Waals surface area contributed by atoms with Crippen molar-refractivity contribution in [3.8, 4) is 0 Å². The van der Waals surface area contributed by atoms with Gasteiger partial charge in [-0.1, -0.05) is 23.2 Å². The van der Waals surface area contributed by atoms with Crippen molar-refractivity contribution in [1.29, 1.82) is 0 Å². The topological polar surface area (TPSA) is 75.6 Å². The number of hydrogen-bond donors (Lipinski definition) is 2. The fraction of sp³-hybridized carbons (Fsp3) is 0.385. The molecule has 26 heavy (non-hydrogen) atoms. The molecule has 0 aliphatic carbocycles. The first-order chi connectivity index (χ1) is 11.7. The maximum atomic E-state index is 13.4. The van der Waals surface area contributed by atoms with Crippen molar-refractivity contribution in [1.82, 2.24) is 0 Å². The number of carbonyl (C=O) groups is 2. The summed E-state index contributed by atoms with van der Waals surface area (Å²) in [5, 5.41) is 9.64. The van der Waals surface area contributed by atoms with E-state index < -0.39 is 57.7 Å². The Morgan fingerprint density at radius 1 is 1.15 bits per heavy atom. The third-order valence-corrected chi connectivity index (χ3v) is 3.42. The van der Waals surface area contributed by atoms with Crippen molar-refractivity contribution < 1.29 is 45.8 Å². The SMILES string of the molecule is CCOC(=O)C(O)(c1c(Cl)cc(Cl)cc1NC(=O)C(F)(F)F)C(F)(F)F. The maximum Gasteiger partial charge on any atom is 0.471 e. The summed E-state index contributed by atoms with van der Waals surface area (Å²) in [6, 6.07) is 1.10. The van der Waals surface area contributed by atoms with Crippen LogP contribution in [0.3, 0.4) is 0 Å². The number of esters is 1. The van der Waals surface area contributed by atoms with Crippen molar-refractivity contribution >= 4 is 40.8 Å². The van der Waals surface area contributed by atoms with E-state index in [1.54, 1.807) is 0 Å². The van der Waals surface area contributed by atoms with Gasteiger partial charge in [0.2, 0.25) is 0 Å². The summed E-state index contributed by atoms with van der Waals surface area (Å²) in [7, 11) is 0. The smallest absolute Gasteiger partial charge is 0.463 e. The van der Waals surface area contributed by atoms with Gasteiger partial charge in [-0.3, -0.25) is 4.79 Å². The maximum absolute atomic E-state index is 13.4. The summed E-state index contributed by atoms with van der Waals surface area (Å²) in [5.74, 6) is -4.93. The van der Waals surface area contributed by atoms with Gasteiger partial charge >= 0.3 is 24.2 Å². The second kappa shape index (κ2) is 7.49. The van der Waals surface area contributed by atoms with Gasteiger partial charge < -0.3 is 15.2 Å². The lowest BCUT2D eigenvalue weighted by Gasteiger charge is -2.31. The van der Waals surface area contributed by atoms with E-state index in [0.29, 0.717) is 12.1 Å². The van der Waals surface area contributed by atoms with Crippen LogP contribution >= 0.6 is 23.2 Å². The van der Waals surface area contributed by atoms with Crippen LogP contribution in [0.5, 0.6) is 0 Å². The minimum atomic E-state index is -5.76. The molecule has 0 aliphatic heterocycles. The second-order valence-corrected chi connectivity index (χ2v) is 5.53. The molecule has 0 spiro atoms. The zero-order chi connectivity index (χ0) is 20.5. The number of rotatable bonds is 4. The predicted molar refractivity (Wildman–Crippen MR) is 77.7 cm³/mol. The zero-order valence-corrected chi connectivity index (χ0v) is 14.1. The molecular formula is C13H9Cl2F6NO4. The molecule has 13 heteroatoms. The van der Waals surface area contributed by atoms with E-state index in [2.05, 4.69) is 4.74 Å². The first-order valence-electron chi connectivity index (χ1n) is 6.50. The first kappa shape index (κ1) is 22.3. The largest absolute Gasteiger partial charge is 0.471 e. The van der Waals surface area contributed by atoms with Gasteiger partial charge in [-0.25, -0.2) is 4.79 Å². The Balaban J connectivity index is 3.72. The first-order valence-corrected chi connectivity index (χ1v) is 7.25. The van der Waals surface area contributed by atoms with E-state index in [1.807, 2.05) is 0 Å². The van der Waals surface area contributed by atoms with Crippen LogP contribution in [-0.2, 0) is 19.9 Å². The number of carbonyl (C=O) groups excluding carboxylic acids is 2. The molecule has 0 radical (unpaired) electrons. The number of aliphatic hydroxyl groups is 1. The monoisotopic (exact) mass is 427 g/mol. The van der Waals surface area contributed by atoms with E-state index >= 15 is 0 Å². The predicted octanol–water partition coefficient (Wildman–Crippen LogP) is 3.81. The molecular weight excluding hydrogens is 419 g/mol. The van der Waals surface area contributed by atoms with Gasteiger partial charge in [0.1, 0.15) is 0 Å². The highest BCUT2D eigenvalue weighted by Gasteiger charge is 2.64. The molecule has 1 atom stereocenters.